The molecule has 0 aliphatic carbocycles. The summed E-state index contributed by atoms with van der Waals surface area (Å²) >= 11 is 1.46. The predicted octanol–water partition coefficient (Wildman–Crippen LogP) is 4.88. The molecule has 1 aliphatic heterocycles. The van der Waals surface area contributed by atoms with Gasteiger partial charge < -0.3 is 13.9 Å². The number of aromatic nitrogens is 1. The van der Waals surface area contributed by atoms with E-state index in [4.69, 9.17) is 18.9 Å². The lowest BCUT2D eigenvalue weighted by Gasteiger charge is -2.22. The monoisotopic (exact) mass is 408 g/mol. The third kappa shape index (κ3) is 3.47. The molecular formula is C22H20N2O4S. The molecule has 0 N–H and O–H groups in total. The highest BCUT2D eigenvalue weighted by molar-refractivity contribution is 7.22. The van der Waals surface area contributed by atoms with Gasteiger partial charge in [-0.05, 0) is 43.2 Å². The smallest absolute Gasteiger partial charge is 0.295 e. The molecule has 0 saturated carbocycles. The van der Waals surface area contributed by atoms with Crippen molar-refractivity contribution < 1.29 is 18.7 Å². The normalized spacial score (nSPS) is 16.5. The number of thiazole rings is 1. The van der Waals surface area contributed by atoms with Gasteiger partial charge in [-0.25, -0.2) is 4.98 Å². The highest BCUT2D eigenvalue weighted by Gasteiger charge is 2.29. The number of carbonyl (C=O) groups excluding carboxylic acids is 1. The molecule has 1 fully saturated rings. The van der Waals surface area contributed by atoms with Crippen LogP contribution < -0.4 is 9.64 Å². The van der Waals surface area contributed by atoms with Crippen molar-refractivity contribution >= 4 is 43.6 Å². The first-order chi connectivity index (χ1) is 14.2. The van der Waals surface area contributed by atoms with Crippen LogP contribution in [0.15, 0.2) is 52.9 Å². The summed E-state index contributed by atoms with van der Waals surface area (Å²) in [6.07, 6.45) is 1.95. The second-order valence-corrected chi connectivity index (χ2v) is 8.04. The van der Waals surface area contributed by atoms with Gasteiger partial charge in [0, 0.05) is 12.0 Å². The molecule has 5 rings (SSSR count). The molecule has 2 aromatic heterocycles. The van der Waals surface area contributed by atoms with E-state index < -0.39 is 0 Å². The second kappa shape index (κ2) is 7.50. The molecule has 4 aromatic rings. The number of rotatable bonds is 5. The minimum absolute atomic E-state index is 0.00452. The average molecular weight is 408 g/mol. The quantitative estimate of drug-likeness (QED) is 0.471. The lowest BCUT2D eigenvalue weighted by molar-refractivity contribution is 0.0896. The standard InChI is InChI=1S/C22H20N2O4S/c1-26-15-8-9-17-20(12-15)29-22(23-17)24(13-16-6-4-10-27-16)21(25)19-11-14-5-2-3-7-18(14)28-19/h2-3,5,7-9,11-12,16H,4,6,10,13H2,1H3. The van der Waals surface area contributed by atoms with E-state index in [0.717, 1.165) is 40.8 Å². The number of benzene rings is 2. The van der Waals surface area contributed by atoms with Gasteiger partial charge >= 0.3 is 0 Å². The summed E-state index contributed by atoms with van der Waals surface area (Å²) in [6, 6.07) is 15.1. The van der Waals surface area contributed by atoms with Crippen LogP contribution in [0.5, 0.6) is 5.75 Å². The fourth-order valence-corrected chi connectivity index (χ4v) is 4.60. The van der Waals surface area contributed by atoms with E-state index in [9.17, 15) is 4.79 Å². The minimum Gasteiger partial charge on any atom is -0.497 e. The van der Waals surface area contributed by atoms with Crippen molar-refractivity contribution in [3.05, 3.63) is 54.3 Å². The molecule has 1 aliphatic rings. The molecule has 1 atom stereocenters. The van der Waals surface area contributed by atoms with Crippen LogP contribution in [0.1, 0.15) is 23.4 Å². The van der Waals surface area contributed by atoms with Crippen LogP contribution in [0.2, 0.25) is 0 Å². The fraction of sp³-hybridized carbons (Fsp3) is 0.273. The van der Waals surface area contributed by atoms with Crippen molar-refractivity contribution in [2.45, 2.75) is 18.9 Å². The molecule has 0 spiro atoms. The molecule has 6 nitrogen and oxygen atoms in total. The Kier molecular flexibility index (Phi) is 4.69. The third-order valence-corrected chi connectivity index (χ3v) is 6.15. The molecule has 2 aromatic carbocycles. The summed E-state index contributed by atoms with van der Waals surface area (Å²) in [5.74, 6) is 0.866. The van der Waals surface area contributed by atoms with Gasteiger partial charge in [-0.2, -0.15) is 0 Å². The van der Waals surface area contributed by atoms with Gasteiger partial charge in [0.1, 0.15) is 11.3 Å². The van der Waals surface area contributed by atoms with Crippen LogP contribution in [-0.2, 0) is 4.74 Å². The van der Waals surface area contributed by atoms with E-state index in [2.05, 4.69) is 0 Å². The van der Waals surface area contributed by atoms with Crippen molar-refractivity contribution in [2.75, 3.05) is 25.2 Å². The summed E-state index contributed by atoms with van der Waals surface area (Å²) in [5.41, 5.74) is 1.53. The number of anilines is 1. The van der Waals surface area contributed by atoms with E-state index in [1.807, 2.05) is 42.5 Å². The maximum Gasteiger partial charge on any atom is 0.295 e. The van der Waals surface area contributed by atoms with Gasteiger partial charge in [0.15, 0.2) is 10.9 Å². The van der Waals surface area contributed by atoms with Crippen LogP contribution in [-0.4, -0.2) is 37.3 Å². The number of furan rings is 1. The van der Waals surface area contributed by atoms with Gasteiger partial charge in [-0.15, -0.1) is 0 Å². The van der Waals surface area contributed by atoms with Crippen molar-refractivity contribution in [3.8, 4) is 5.75 Å². The topological polar surface area (TPSA) is 64.8 Å². The number of amides is 1. The Morgan fingerprint density at radius 2 is 2.17 bits per heavy atom. The Morgan fingerprint density at radius 1 is 1.28 bits per heavy atom. The maximum absolute atomic E-state index is 13.4. The average Bonchev–Trinajstić information content (AvgIpc) is 3.49. The van der Waals surface area contributed by atoms with Crippen molar-refractivity contribution in [2.24, 2.45) is 0 Å². The van der Waals surface area contributed by atoms with Crippen LogP contribution in [0, 0.1) is 0 Å². The molecule has 148 valence electrons. The van der Waals surface area contributed by atoms with Crippen molar-refractivity contribution in [1.82, 2.24) is 4.98 Å². The number of hydrogen-bond donors (Lipinski definition) is 0. The largest absolute Gasteiger partial charge is 0.497 e. The molecular weight excluding hydrogens is 388 g/mol. The van der Waals surface area contributed by atoms with Crippen LogP contribution in [0.25, 0.3) is 21.2 Å². The zero-order valence-electron chi connectivity index (χ0n) is 16.0. The van der Waals surface area contributed by atoms with Crippen molar-refractivity contribution in [1.29, 1.82) is 0 Å². The minimum atomic E-state index is -0.206. The van der Waals surface area contributed by atoms with Gasteiger partial charge in [0.25, 0.3) is 5.91 Å². The number of methoxy groups -OCH3 is 1. The van der Waals surface area contributed by atoms with E-state index in [-0.39, 0.29) is 12.0 Å². The van der Waals surface area contributed by atoms with E-state index in [1.165, 1.54) is 11.3 Å². The number of nitrogens with zero attached hydrogens (tertiary/aromatic N) is 2. The van der Waals surface area contributed by atoms with Crippen LogP contribution in [0.3, 0.4) is 0 Å². The molecule has 0 bridgehead atoms. The summed E-state index contributed by atoms with van der Waals surface area (Å²) in [6.45, 7) is 1.18. The summed E-state index contributed by atoms with van der Waals surface area (Å²) in [7, 11) is 1.64. The highest BCUT2D eigenvalue weighted by Crippen LogP contribution is 2.33. The Morgan fingerprint density at radius 3 is 2.97 bits per heavy atom. The molecule has 1 saturated heterocycles. The number of carbonyl (C=O) groups is 1. The second-order valence-electron chi connectivity index (χ2n) is 7.03. The Labute approximate surface area is 171 Å². The lowest BCUT2D eigenvalue weighted by atomic mass is 10.2. The van der Waals surface area contributed by atoms with Crippen molar-refractivity contribution in [3.63, 3.8) is 0 Å². The van der Waals surface area contributed by atoms with Gasteiger partial charge in [0.05, 0.1) is 30.0 Å². The van der Waals surface area contributed by atoms with E-state index >= 15 is 0 Å². The third-order valence-electron chi connectivity index (χ3n) is 5.11. The number of hydrogen-bond acceptors (Lipinski definition) is 6. The first-order valence-corrected chi connectivity index (χ1v) is 10.4. The molecule has 1 unspecified atom stereocenters. The molecule has 0 radical (unpaired) electrons. The zero-order valence-corrected chi connectivity index (χ0v) is 16.8. The Hall–Kier alpha value is -2.90. The molecule has 7 heteroatoms. The zero-order chi connectivity index (χ0) is 19.8. The summed E-state index contributed by atoms with van der Waals surface area (Å²) in [4.78, 5) is 19.8. The fourth-order valence-electron chi connectivity index (χ4n) is 3.60. The highest BCUT2D eigenvalue weighted by atomic mass is 32.1. The maximum atomic E-state index is 13.4. The first kappa shape index (κ1) is 18.1. The molecule has 29 heavy (non-hydrogen) atoms. The lowest BCUT2D eigenvalue weighted by Crippen LogP contribution is -2.37. The summed E-state index contributed by atoms with van der Waals surface area (Å²) in [5, 5.41) is 1.54. The van der Waals surface area contributed by atoms with E-state index in [0.29, 0.717) is 23.0 Å². The number of ether oxygens (including phenoxy) is 2. The van der Waals surface area contributed by atoms with Gasteiger partial charge in [0.2, 0.25) is 0 Å². The first-order valence-electron chi connectivity index (χ1n) is 9.58. The number of fused-ring (bicyclic) bond motifs is 2. The number of para-hydroxylation sites is 1. The van der Waals surface area contributed by atoms with Gasteiger partial charge in [-0.3, -0.25) is 9.69 Å². The van der Waals surface area contributed by atoms with Crippen LogP contribution >= 0.6 is 11.3 Å². The van der Waals surface area contributed by atoms with Gasteiger partial charge in [-0.1, -0.05) is 29.5 Å². The molecule has 1 amide bonds. The summed E-state index contributed by atoms with van der Waals surface area (Å²) < 4.78 is 17.9. The SMILES string of the molecule is COc1ccc2nc(N(CC3CCCO3)C(=O)c3cc4ccccc4o3)sc2c1. The predicted molar refractivity (Wildman–Crippen MR) is 113 cm³/mol. The molecule has 3 heterocycles. The van der Waals surface area contributed by atoms with Crippen LogP contribution in [0.4, 0.5) is 5.13 Å². The Balaban J connectivity index is 1.54. The Bertz CT molecular complexity index is 1140. The van der Waals surface area contributed by atoms with E-state index in [1.54, 1.807) is 18.1 Å².